The Morgan fingerprint density at radius 2 is 1.09 bits per heavy atom. The molecule has 44 heavy (non-hydrogen) atoms. The minimum absolute atomic E-state index is 0.205. The number of hydrogen-bond acceptors (Lipinski definition) is 4. The monoisotopic (exact) mass is 584 g/mol. The van der Waals surface area contributed by atoms with Gasteiger partial charge in [0, 0.05) is 47.6 Å². The van der Waals surface area contributed by atoms with Gasteiger partial charge in [-0.25, -0.2) is 15.0 Å². The van der Waals surface area contributed by atoms with Gasteiger partial charge in [0.15, 0.2) is 17.5 Å². The molecule has 0 bridgehead atoms. The van der Waals surface area contributed by atoms with Crippen molar-refractivity contribution >= 4 is 53.3 Å². The van der Waals surface area contributed by atoms with E-state index in [4.69, 9.17) is 20.4 Å². The molecule has 5 heteroatoms. The van der Waals surface area contributed by atoms with Gasteiger partial charge in [0.2, 0.25) is 0 Å². The molecule has 0 N–H and O–H groups in total. The van der Waals surface area contributed by atoms with Crippen LogP contribution in [0.15, 0.2) is 145 Å². The van der Waals surface area contributed by atoms with E-state index in [1.165, 1.54) is 12.1 Å². The van der Waals surface area contributed by atoms with Crippen molar-refractivity contribution in [2.75, 3.05) is 0 Å². The molecule has 0 saturated carbocycles. The summed E-state index contributed by atoms with van der Waals surface area (Å²) in [6.07, 6.45) is 0. The van der Waals surface area contributed by atoms with Crippen LogP contribution < -0.4 is 0 Å². The van der Waals surface area contributed by atoms with Crippen molar-refractivity contribution in [1.29, 1.82) is 0 Å². The van der Waals surface area contributed by atoms with Crippen molar-refractivity contribution in [1.82, 2.24) is 19.5 Å². The van der Waals surface area contributed by atoms with Gasteiger partial charge in [-0.1, -0.05) is 115 Å². The van der Waals surface area contributed by atoms with Gasteiger partial charge >= 0.3 is 0 Å². The van der Waals surface area contributed by atoms with E-state index in [0.717, 1.165) is 42.6 Å². The topological polar surface area (TPSA) is 43.6 Å². The first-order valence-electron chi connectivity index (χ1n) is 16.3. The summed E-state index contributed by atoms with van der Waals surface area (Å²) in [4.78, 5) is 14.7. The second-order valence-electron chi connectivity index (χ2n) is 10.6. The number of thiophene rings is 1. The summed E-state index contributed by atoms with van der Waals surface area (Å²) >= 11 is 1.67. The van der Waals surface area contributed by atoms with E-state index < -0.39 is 0 Å². The van der Waals surface area contributed by atoms with E-state index in [1.807, 2.05) is 83.4 Å². The fraction of sp³-hybridized carbons (Fsp3) is 0. The van der Waals surface area contributed by atoms with Crippen LogP contribution in [0.25, 0.3) is 81.8 Å². The van der Waals surface area contributed by atoms with E-state index in [-0.39, 0.29) is 24.2 Å². The highest BCUT2D eigenvalue weighted by Crippen LogP contribution is 2.42. The third-order valence-corrected chi connectivity index (χ3v) is 9.08. The molecule has 0 unspecified atom stereocenters. The molecule has 0 aliphatic rings. The van der Waals surface area contributed by atoms with Gasteiger partial charge in [-0.05, 0) is 30.3 Å². The van der Waals surface area contributed by atoms with E-state index >= 15 is 0 Å². The van der Waals surface area contributed by atoms with Gasteiger partial charge in [0.05, 0.1) is 22.2 Å². The van der Waals surface area contributed by atoms with Gasteiger partial charge in [-0.2, -0.15) is 0 Å². The summed E-state index contributed by atoms with van der Waals surface area (Å²) in [5.74, 6) is 1.79. The molecule has 4 nitrogen and oxygen atoms in total. The SMILES string of the molecule is [2H]c1cc([2H])c2c(c1)c1cc([2H])cc([2H])c1n2-c1cccc2sc3cc(-c4nc(-c5ccccc5)nc(-c5ccccc5)n4)ccc3c12. The zero-order chi connectivity index (χ0) is 32.5. The summed E-state index contributed by atoms with van der Waals surface area (Å²) < 4.78 is 38.5. The second-order valence-corrected chi connectivity index (χ2v) is 11.6. The van der Waals surface area contributed by atoms with Gasteiger partial charge < -0.3 is 4.57 Å². The molecule has 0 aliphatic carbocycles. The third-order valence-electron chi connectivity index (χ3n) is 7.96. The van der Waals surface area contributed by atoms with E-state index in [1.54, 1.807) is 23.5 Å². The lowest BCUT2D eigenvalue weighted by atomic mass is 10.1. The Morgan fingerprint density at radius 3 is 1.70 bits per heavy atom. The van der Waals surface area contributed by atoms with Gasteiger partial charge in [-0.15, -0.1) is 11.3 Å². The first-order valence-corrected chi connectivity index (χ1v) is 15.1. The standard InChI is InChI=1S/C39H24N4S/c1-3-12-25(13-4-1)37-40-38(26-14-5-2-6-15-26)42-39(41-37)27-22-23-30-35(24-27)44-34-21-11-20-33(36(30)34)43-31-18-9-7-16-28(31)29-17-8-10-19-32(29)43/h1-24H/i7D,8D,18D,19D. The minimum Gasteiger partial charge on any atom is -0.309 e. The molecule has 3 heterocycles. The molecule has 9 aromatic rings. The maximum absolute atomic E-state index is 8.90. The van der Waals surface area contributed by atoms with E-state index in [2.05, 4.69) is 18.2 Å². The average molecular weight is 585 g/mol. The summed E-state index contributed by atoms with van der Waals surface area (Å²) in [7, 11) is 0. The second kappa shape index (κ2) is 9.97. The molecule has 0 spiro atoms. The van der Waals surface area contributed by atoms with Gasteiger partial charge in [0.1, 0.15) is 0 Å². The lowest BCUT2D eigenvalue weighted by Crippen LogP contribution is -2.00. The average Bonchev–Trinajstić information content (AvgIpc) is 3.64. The highest BCUT2D eigenvalue weighted by molar-refractivity contribution is 7.26. The zero-order valence-corrected chi connectivity index (χ0v) is 24.1. The number of benzene rings is 6. The highest BCUT2D eigenvalue weighted by Gasteiger charge is 2.18. The maximum atomic E-state index is 8.90. The van der Waals surface area contributed by atoms with Crippen molar-refractivity contribution in [3.05, 3.63) is 145 Å². The van der Waals surface area contributed by atoms with Crippen molar-refractivity contribution < 1.29 is 5.48 Å². The van der Waals surface area contributed by atoms with Crippen molar-refractivity contribution in [3.8, 4) is 39.9 Å². The van der Waals surface area contributed by atoms with Crippen LogP contribution >= 0.6 is 11.3 Å². The summed E-state index contributed by atoms with van der Waals surface area (Å²) in [5, 5.41) is 3.44. The number of hydrogen-bond donors (Lipinski definition) is 0. The largest absolute Gasteiger partial charge is 0.309 e. The number of fused-ring (bicyclic) bond motifs is 6. The molecule has 6 aromatic carbocycles. The summed E-state index contributed by atoms with van der Waals surface area (Å²) in [6, 6.07) is 39.6. The van der Waals surface area contributed by atoms with Crippen LogP contribution in [0.2, 0.25) is 0 Å². The summed E-state index contributed by atoms with van der Waals surface area (Å²) in [5.41, 5.74) is 4.79. The molecular formula is C39H24N4S. The third kappa shape index (κ3) is 3.94. The Bertz CT molecular complexity index is 2600. The van der Waals surface area contributed by atoms with Crippen LogP contribution in [0.1, 0.15) is 5.48 Å². The predicted octanol–water partition coefficient (Wildman–Crippen LogP) is 10.3. The van der Waals surface area contributed by atoms with Crippen LogP contribution in [-0.4, -0.2) is 19.5 Å². The van der Waals surface area contributed by atoms with Crippen molar-refractivity contribution in [3.63, 3.8) is 0 Å². The zero-order valence-electron chi connectivity index (χ0n) is 27.2. The fourth-order valence-electron chi connectivity index (χ4n) is 5.97. The quantitative estimate of drug-likeness (QED) is 0.207. The molecule has 0 saturated heterocycles. The maximum Gasteiger partial charge on any atom is 0.164 e. The molecule has 0 aliphatic heterocycles. The highest BCUT2D eigenvalue weighted by atomic mass is 32.1. The molecule has 3 aromatic heterocycles. The molecular weight excluding hydrogens is 557 g/mol. The number of para-hydroxylation sites is 2. The molecule has 0 atom stereocenters. The lowest BCUT2D eigenvalue weighted by molar-refractivity contribution is 1.07. The Morgan fingerprint density at radius 1 is 0.500 bits per heavy atom. The smallest absolute Gasteiger partial charge is 0.164 e. The van der Waals surface area contributed by atoms with E-state index in [0.29, 0.717) is 39.3 Å². The first-order chi connectivity index (χ1) is 23.4. The predicted molar refractivity (Wildman–Crippen MR) is 183 cm³/mol. The number of rotatable bonds is 4. The van der Waals surface area contributed by atoms with Crippen molar-refractivity contribution in [2.45, 2.75) is 0 Å². The van der Waals surface area contributed by atoms with Gasteiger partial charge in [0.25, 0.3) is 0 Å². The Labute approximate surface area is 263 Å². The van der Waals surface area contributed by atoms with Crippen LogP contribution in [0.5, 0.6) is 0 Å². The Balaban J connectivity index is 1.28. The van der Waals surface area contributed by atoms with Crippen LogP contribution in [0.3, 0.4) is 0 Å². The Hall–Kier alpha value is -5.65. The van der Waals surface area contributed by atoms with E-state index in [9.17, 15) is 0 Å². The van der Waals surface area contributed by atoms with Gasteiger partial charge in [-0.3, -0.25) is 0 Å². The normalized spacial score (nSPS) is 12.9. The van der Waals surface area contributed by atoms with Crippen LogP contribution in [0.4, 0.5) is 0 Å². The minimum atomic E-state index is 0.205. The molecule has 0 amide bonds. The fourth-order valence-corrected chi connectivity index (χ4v) is 7.13. The number of aromatic nitrogens is 4. The van der Waals surface area contributed by atoms with Crippen molar-refractivity contribution in [2.24, 2.45) is 0 Å². The molecule has 0 radical (unpaired) electrons. The van der Waals surface area contributed by atoms with Crippen LogP contribution in [-0.2, 0) is 0 Å². The lowest BCUT2D eigenvalue weighted by Gasteiger charge is -2.10. The molecule has 9 rings (SSSR count). The molecule has 206 valence electrons. The first kappa shape index (κ1) is 21.1. The summed E-state index contributed by atoms with van der Waals surface area (Å²) in [6.45, 7) is 0. The van der Waals surface area contributed by atoms with Crippen LogP contribution in [0, 0.1) is 0 Å². The number of nitrogens with zero attached hydrogens (tertiary/aromatic N) is 4. The Kier molecular flexibility index (Phi) is 4.78. The molecule has 0 fully saturated rings.